The van der Waals surface area contributed by atoms with Crippen molar-refractivity contribution in [3.8, 4) is 5.75 Å². The van der Waals surface area contributed by atoms with Gasteiger partial charge in [0.25, 0.3) is 5.91 Å². The molecule has 0 saturated carbocycles. The van der Waals surface area contributed by atoms with Gasteiger partial charge in [0, 0.05) is 14.1 Å². The predicted octanol–water partition coefficient (Wildman–Crippen LogP) is 1.68. The molecule has 0 radical (unpaired) electrons. The van der Waals surface area contributed by atoms with E-state index in [2.05, 4.69) is 4.99 Å². The summed E-state index contributed by atoms with van der Waals surface area (Å²) >= 11 is 1.32. The summed E-state index contributed by atoms with van der Waals surface area (Å²) in [6, 6.07) is 6.86. The van der Waals surface area contributed by atoms with E-state index in [1.165, 1.54) is 16.7 Å². The van der Waals surface area contributed by atoms with Crippen LogP contribution in [-0.2, 0) is 9.59 Å². The molecule has 0 atom stereocenters. The summed E-state index contributed by atoms with van der Waals surface area (Å²) in [5.74, 6) is -0.645. The number of hydrogen-bond donors (Lipinski definition) is 1. The van der Waals surface area contributed by atoms with E-state index in [1.807, 2.05) is 0 Å². The fraction of sp³-hybridized carbons (Fsp3) is 0.214. The number of likely N-dealkylation sites (N-methyl/N-ethyl adjacent to an activating group) is 1. The maximum absolute atomic E-state index is 12.0. The molecule has 0 unspecified atom stereocenters. The van der Waals surface area contributed by atoms with Crippen LogP contribution in [0.4, 0.5) is 0 Å². The Morgan fingerprint density at radius 2 is 2.10 bits per heavy atom. The first-order valence-corrected chi connectivity index (χ1v) is 6.92. The maximum Gasteiger partial charge on any atom is 0.341 e. The lowest BCUT2D eigenvalue weighted by Gasteiger charge is -2.05. The van der Waals surface area contributed by atoms with Gasteiger partial charge >= 0.3 is 5.97 Å². The Morgan fingerprint density at radius 1 is 1.43 bits per heavy atom. The van der Waals surface area contributed by atoms with Crippen molar-refractivity contribution in [2.24, 2.45) is 4.99 Å². The first-order chi connectivity index (χ1) is 10.0. The summed E-state index contributed by atoms with van der Waals surface area (Å²) in [5.41, 5.74) is 0.833. The topological polar surface area (TPSA) is 79.2 Å². The molecule has 1 aliphatic heterocycles. The van der Waals surface area contributed by atoms with Gasteiger partial charge in [0.1, 0.15) is 5.75 Å². The third kappa shape index (κ3) is 3.63. The van der Waals surface area contributed by atoms with Crippen LogP contribution in [-0.4, -0.2) is 47.8 Å². The van der Waals surface area contributed by atoms with E-state index in [1.54, 1.807) is 44.4 Å². The normalized spacial score (nSPS) is 18.6. The number of ether oxygens (including phenoxy) is 1. The SMILES string of the molecule is CN=C1S/C(=C/c2ccc(OCC(=O)O)cc2)C(=O)N1C. The zero-order valence-corrected chi connectivity index (χ0v) is 12.4. The van der Waals surface area contributed by atoms with Crippen LogP contribution in [0.25, 0.3) is 6.08 Å². The number of carboxylic acid groups (broad SMARTS) is 1. The summed E-state index contributed by atoms with van der Waals surface area (Å²) in [6.07, 6.45) is 1.77. The number of carbonyl (C=O) groups excluding carboxylic acids is 1. The van der Waals surface area contributed by atoms with Crippen LogP contribution in [0, 0.1) is 0 Å². The van der Waals surface area contributed by atoms with Gasteiger partial charge in [0.15, 0.2) is 11.8 Å². The molecule has 7 heteroatoms. The number of amidine groups is 1. The van der Waals surface area contributed by atoms with E-state index in [4.69, 9.17) is 9.84 Å². The first-order valence-electron chi connectivity index (χ1n) is 6.10. The molecule has 1 N–H and O–H groups in total. The van der Waals surface area contributed by atoms with E-state index in [0.717, 1.165) is 5.56 Å². The average Bonchev–Trinajstić information content (AvgIpc) is 2.74. The number of rotatable bonds is 4. The molecule has 1 saturated heterocycles. The molecular weight excluding hydrogens is 292 g/mol. The van der Waals surface area contributed by atoms with Crippen molar-refractivity contribution in [2.45, 2.75) is 0 Å². The lowest BCUT2D eigenvalue weighted by Crippen LogP contribution is -2.23. The lowest BCUT2D eigenvalue weighted by atomic mass is 10.2. The minimum absolute atomic E-state index is 0.0909. The third-order valence-electron chi connectivity index (χ3n) is 2.74. The Hall–Kier alpha value is -2.28. The molecule has 1 aromatic carbocycles. The number of hydrogen-bond acceptors (Lipinski definition) is 5. The van der Waals surface area contributed by atoms with E-state index < -0.39 is 5.97 Å². The second kappa shape index (κ2) is 6.45. The van der Waals surface area contributed by atoms with E-state index in [9.17, 15) is 9.59 Å². The molecule has 1 amide bonds. The van der Waals surface area contributed by atoms with Crippen LogP contribution in [0.3, 0.4) is 0 Å². The van der Waals surface area contributed by atoms with Crippen molar-refractivity contribution in [3.63, 3.8) is 0 Å². The van der Waals surface area contributed by atoms with Crippen molar-refractivity contribution in [2.75, 3.05) is 20.7 Å². The first kappa shape index (κ1) is 15.1. The van der Waals surface area contributed by atoms with Gasteiger partial charge in [0.05, 0.1) is 4.91 Å². The van der Waals surface area contributed by atoms with Crippen LogP contribution in [0.1, 0.15) is 5.56 Å². The summed E-state index contributed by atoms with van der Waals surface area (Å²) in [4.78, 5) is 28.5. The van der Waals surface area contributed by atoms with Gasteiger partial charge in [-0.05, 0) is 35.5 Å². The highest BCUT2D eigenvalue weighted by molar-refractivity contribution is 8.18. The van der Waals surface area contributed by atoms with Gasteiger partial charge in [-0.25, -0.2) is 4.79 Å². The van der Waals surface area contributed by atoms with Gasteiger partial charge in [-0.15, -0.1) is 0 Å². The Morgan fingerprint density at radius 3 is 2.62 bits per heavy atom. The van der Waals surface area contributed by atoms with E-state index in [0.29, 0.717) is 15.8 Å². The highest BCUT2D eigenvalue weighted by Crippen LogP contribution is 2.31. The molecule has 1 aromatic rings. The number of amides is 1. The van der Waals surface area contributed by atoms with Crippen LogP contribution < -0.4 is 4.74 Å². The largest absolute Gasteiger partial charge is 0.482 e. The van der Waals surface area contributed by atoms with E-state index in [-0.39, 0.29) is 12.5 Å². The van der Waals surface area contributed by atoms with Gasteiger partial charge in [-0.2, -0.15) is 0 Å². The van der Waals surface area contributed by atoms with Crippen molar-refractivity contribution in [3.05, 3.63) is 34.7 Å². The summed E-state index contributed by atoms with van der Waals surface area (Å²) in [5, 5.41) is 9.19. The lowest BCUT2D eigenvalue weighted by molar-refractivity contribution is -0.139. The number of carbonyl (C=O) groups is 2. The minimum atomic E-state index is -1.02. The number of carboxylic acids is 1. The fourth-order valence-electron chi connectivity index (χ4n) is 1.71. The zero-order chi connectivity index (χ0) is 15.4. The van der Waals surface area contributed by atoms with Crippen molar-refractivity contribution >= 4 is 34.9 Å². The van der Waals surface area contributed by atoms with Gasteiger partial charge in [0.2, 0.25) is 0 Å². The number of aliphatic carboxylic acids is 1. The number of thioether (sulfide) groups is 1. The standard InChI is InChI=1S/C14H14N2O4S/c1-15-14-16(2)13(19)11(21-14)7-9-3-5-10(6-4-9)20-8-12(17)18/h3-7H,8H2,1-2H3,(H,17,18)/b11-7+,15-14?. The van der Waals surface area contributed by atoms with Gasteiger partial charge in [-0.3, -0.25) is 14.7 Å². The van der Waals surface area contributed by atoms with Crippen LogP contribution in [0.15, 0.2) is 34.2 Å². The highest BCUT2D eigenvalue weighted by atomic mass is 32.2. The Balaban J connectivity index is 2.11. The van der Waals surface area contributed by atoms with Gasteiger partial charge < -0.3 is 9.84 Å². The average molecular weight is 306 g/mol. The highest BCUT2D eigenvalue weighted by Gasteiger charge is 2.29. The van der Waals surface area contributed by atoms with Crippen molar-refractivity contribution < 1.29 is 19.4 Å². The number of benzene rings is 1. The predicted molar refractivity (Wildman–Crippen MR) is 81.3 cm³/mol. The zero-order valence-electron chi connectivity index (χ0n) is 11.6. The molecule has 0 aromatic heterocycles. The number of nitrogens with zero attached hydrogens (tertiary/aromatic N) is 2. The molecule has 1 fully saturated rings. The molecule has 2 rings (SSSR count). The third-order valence-corrected chi connectivity index (χ3v) is 3.89. The molecule has 0 aliphatic carbocycles. The second-order valence-electron chi connectivity index (χ2n) is 4.23. The summed E-state index contributed by atoms with van der Waals surface area (Å²) in [7, 11) is 3.32. The minimum Gasteiger partial charge on any atom is -0.482 e. The summed E-state index contributed by atoms with van der Waals surface area (Å²) in [6.45, 7) is -0.379. The monoisotopic (exact) mass is 306 g/mol. The van der Waals surface area contributed by atoms with Crippen molar-refractivity contribution in [1.82, 2.24) is 4.90 Å². The smallest absolute Gasteiger partial charge is 0.341 e. The molecule has 0 bridgehead atoms. The van der Waals surface area contributed by atoms with Crippen LogP contribution in [0.2, 0.25) is 0 Å². The second-order valence-corrected chi connectivity index (χ2v) is 5.24. The van der Waals surface area contributed by atoms with Gasteiger partial charge in [-0.1, -0.05) is 12.1 Å². The molecule has 1 aliphatic rings. The maximum atomic E-state index is 12.0. The Kier molecular flexibility index (Phi) is 4.64. The van der Waals surface area contributed by atoms with Crippen LogP contribution in [0.5, 0.6) is 5.75 Å². The molecule has 0 spiro atoms. The number of aliphatic imine (C=N–C) groups is 1. The molecule has 21 heavy (non-hydrogen) atoms. The molecule has 1 heterocycles. The molecule has 6 nitrogen and oxygen atoms in total. The van der Waals surface area contributed by atoms with Crippen LogP contribution >= 0.6 is 11.8 Å². The molecule has 110 valence electrons. The Labute approximate surface area is 126 Å². The Bertz CT molecular complexity index is 622. The summed E-state index contributed by atoms with van der Waals surface area (Å²) < 4.78 is 5.05. The van der Waals surface area contributed by atoms with E-state index >= 15 is 0 Å². The quantitative estimate of drug-likeness (QED) is 0.856. The van der Waals surface area contributed by atoms with Crippen molar-refractivity contribution in [1.29, 1.82) is 0 Å². The fourth-order valence-corrected chi connectivity index (χ4v) is 2.63. The molecular formula is C14H14N2O4S.